The fourth-order valence-electron chi connectivity index (χ4n) is 0.686. The lowest BCUT2D eigenvalue weighted by atomic mass is 10.1. The monoisotopic (exact) mass is 157 g/mol. The van der Waals surface area contributed by atoms with E-state index < -0.39 is 12.1 Å². The maximum absolute atomic E-state index is 9.94. The maximum Gasteiger partial charge on any atom is 0.0744 e. The molecular formula is C8H13O3-. The van der Waals surface area contributed by atoms with Crippen molar-refractivity contribution in [3.63, 3.8) is 0 Å². The fourth-order valence-corrected chi connectivity index (χ4v) is 0.686. The summed E-state index contributed by atoms with van der Waals surface area (Å²) in [4.78, 5) is 9.94. The fraction of sp³-hybridized carbons (Fsp3) is 0.625. The van der Waals surface area contributed by atoms with Crippen LogP contribution in [0.25, 0.3) is 0 Å². The van der Waals surface area contributed by atoms with Crippen LogP contribution in [-0.4, -0.2) is 17.2 Å². The average molecular weight is 157 g/mol. The second-order valence-corrected chi connectivity index (χ2v) is 2.63. The summed E-state index contributed by atoms with van der Waals surface area (Å²) in [5.74, 6) is -1.07. The van der Waals surface area contributed by atoms with Gasteiger partial charge in [-0.05, 0) is 26.2 Å². The number of aliphatic hydroxyl groups excluding tert-OH is 1. The quantitative estimate of drug-likeness (QED) is 0.564. The molecule has 11 heavy (non-hydrogen) atoms. The third kappa shape index (κ3) is 5.61. The van der Waals surface area contributed by atoms with Crippen molar-refractivity contribution in [1.82, 2.24) is 0 Å². The predicted molar refractivity (Wildman–Crippen MR) is 39.7 cm³/mol. The Hall–Kier alpha value is -0.830. The molecule has 0 heterocycles. The zero-order valence-corrected chi connectivity index (χ0v) is 6.67. The highest BCUT2D eigenvalue weighted by atomic mass is 16.4. The first-order valence-corrected chi connectivity index (χ1v) is 3.57. The Morgan fingerprint density at radius 3 is 2.64 bits per heavy atom. The van der Waals surface area contributed by atoms with E-state index in [2.05, 4.69) is 6.58 Å². The molecule has 0 spiro atoms. The first-order chi connectivity index (χ1) is 5.04. The summed E-state index contributed by atoms with van der Waals surface area (Å²) in [6.07, 6.45) is 0.318. The normalized spacial score (nSPS) is 12.5. The number of carboxylic acids is 1. The van der Waals surface area contributed by atoms with E-state index in [9.17, 15) is 9.90 Å². The average Bonchev–Trinajstić information content (AvgIpc) is 1.86. The van der Waals surface area contributed by atoms with Gasteiger partial charge in [0.25, 0.3) is 0 Å². The van der Waals surface area contributed by atoms with Gasteiger partial charge in [-0.25, -0.2) is 0 Å². The second-order valence-electron chi connectivity index (χ2n) is 2.63. The summed E-state index contributed by atoms with van der Waals surface area (Å²) in [5, 5.41) is 19.1. The molecule has 0 aromatic carbocycles. The zero-order valence-electron chi connectivity index (χ0n) is 6.67. The molecule has 64 valence electrons. The SMILES string of the molecule is C=C(C)C(O)CCCC(=O)[O-]. The number of hydrogen-bond acceptors (Lipinski definition) is 3. The zero-order chi connectivity index (χ0) is 8.85. The molecule has 0 aromatic rings. The van der Waals surface area contributed by atoms with E-state index in [1.165, 1.54) is 0 Å². The molecule has 0 aliphatic carbocycles. The molecule has 3 nitrogen and oxygen atoms in total. The minimum Gasteiger partial charge on any atom is -0.550 e. The number of carbonyl (C=O) groups is 1. The van der Waals surface area contributed by atoms with Gasteiger partial charge in [-0.15, -0.1) is 0 Å². The van der Waals surface area contributed by atoms with Gasteiger partial charge in [0.2, 0.25) is 0 Å². The molecule has 0 radical (unpaired) electrons. The Morgan fingerprint density at radius 1 is 1.73 bits per heavy atom. The van der Waals surface area contributed by atoms with Gasteiger partial charge in [-0.2, -0.15) is 0 Å². The van der Waals surface area contributed by atoms with E-state index in [-0.39, 0.29) is 6.42 Å². The van der Waals surface area contributed by atoms with E-state index in [4.69, 9.17) is 5.11 Å². The van der Waals surface area contributed by atoms with Crippen LogP contribution >= 0.6 is 0 Å². The molecule has 0 saturated heterocycles. The van der Waals surface area contributed by atoms with Crippen molar-refractivity contribution in [3.05, 3.63) is 12.2 Å². The van der Waals surface area contributed by atoms with Crippen molar-refractivity contribution < 1.29 is 15.0 Å². The molecule has 0 aliphatic heterocycles. The van der Waals surface area contributed by atoms with Gasteiger partial charge in [0.1, 0.15) is 0 Å². The first-order valence-electron chi connectivity index (χ1n) is 3.57. The molecule has 0 bridgehead atoms. The highest BCUT2D eigenvalue weighted by molar-refractivity contribution is 5.64. The molecule has 0 fully saturated rings. The number of carbonyl (C=O) groups excluding carboxylic acids is 1. The number of rotatable bonds is 5. The van der Waals surface area contributed by atoms with E-state index in [1.807, 2.05) is 0 Å². The Balaban J connectivity index is 3.39. The minimum atomic E-state index is -1.07. The smallest absolute Gasteiger partial charge is 0.0744 e. The van der Waals surface area contributed by atoms with Crippen molar-refractivity contribution in [3.8, 4) is 0 Å². The van der Waals surface area contributed by atoms with Gasteiger partial charge in [-0.1, -0.05) is 12.2 Å². The van der Waals surface area contributed by atoms with Gasteiger partial charge >= 0.3 is 0 Å². The first kappa shape index (κ1) is 10.2. The van der Waals surface area contributed by atoms with Crippen molar-refractivity contribution >= 4 is 5.97 Å². The number of hydrogen-bond donors (Lipinski definition) is 1. The lowest BCUT2D eigenvalue weighted by Crippen LogP contribution is -2.22. The molecule has 1 unspecified atom stereocenters. The summed E-state index contributed by atoms with van der Waals surface area (Å²) in [6.45, 7) is 5.25. The van der Waals surface area contributed by atoms with Crippen LogP contribution in [0.4, 0.5) is 0 Å². The standard InChI is InChI=1S/C8H14O3/c1-6(2)7(9)4-3-5-8(10)11/h7,9H,1,3-5H2,2H3,(H,10,11)/p-1. The number of carboxylic acid groups (broad SMARTS) is 1. The topological polar surface area (TPSA) is 60.4 Å². The summed E-state index contributed by atoms with van der Waals surface area (Å²) in [7, 11) is 0. The van der Waals surface area contributed by atoms with Crippen LogP contribution in [0.2, 0.25) is 0 Å². The van der Waals surface area contributed by atoms with E-state index in [0.717, 1.165) is 0 Å². The van der Waals surface area contributed by atoms with Gasteiger partial charge in [0.15, 0.2) is 0 Å². The largest absolute Gasteiger partial charge is 0.550 e. The highest BCUT2D eigenvalue weighted by Gasteiger charge is 2.02. The predicted octanol–water partition coefficient (Wildman–Crippen LogP) is -0.156. The maximum atomic E-state index is 9.94. The molecule has 0 aliphatic rings. The van der Waals surface area contributed by atoms with Gasteiger partial charge in [-0.3, -0.25) is 0 Å². The molecule has 1 atom stereocenters. The van der Waals surface area contributed by atoms with Crippen LogP contribution in [0.3, 0.4) is 0 Å². The van der Waals surface area contributed by atoms with Crippen molar-refractivity contribution in [1.29, 1.82) is 0 Å². The Labute approximate surface area is 66.4 Å². The Bertz CT molecular complexity index is 151. The van der Waals surface area contributed by atoms with Gasteiger partial charge in [0.05, 0.1) is 6.10 Å². The van der Waals surface area contributed by atoms with E-state index in [1.54, 1.807) is 6.92 Å². The van der Waals surface area contributed by atoms with Crippen LogP contribution in [0.5, 0.6) is 0 Å². The lowest BCUT2D eigenvalue weighted by molar-refractivity contribution is -0.305. The van der Waals surface area contributed by atoms with Crippen molar-refractivity contribution in [2.45, 2.75) is 32.3 Å². The van der Waals surface area contributed by atoms with Crippen LogP contribution in [0, 0.1) is 0 Å². The summed E-state index contributed by atoms with van der Waals surface area (Å²) >= 11 is 0. The van der Waals surface area contributed by atoms with Gasteiger partial charge in [0, 0.05) is 5.97 Å². The molecule has 0 aromatic heterocycles. The van der Waals surface area contributed by atoms with Crippen molar-refractivity contribution in [2.75, 3.05) is 0 Å². The van der Waals surface area contributed by atoms with Crippen LogP contribution in [0.1, 0.15) is 26.2 Å². The van der Waals surface area contributed by atoms with Crippen LogP contribution in [0.15, 0.2) is 12.2 Å². The van der Waals surface area contributed by atoms with Gasteiger partial charge < -0.3 is 15.0 Å². The molecule has 0 rings (SSSR count). The molecule has 0 amide bonds. The Morgan fingerprint density at radius 2 is 2.27 bits per heavy atom. The summed E-state index contributed by atoms with van der Waals surface area (Å²) in [5.41, 5.74) is 0.670. The summed E-state index contributed by atoms with van der Waals surface area (Å²) < 4.78 is 0. The lowest BCUT2D eigenvalue weighted by Gasteiger charge is -2.09. The third-order valence-corrected chi connectivity index (χ3v) is 1.43. The second kappa shape index (κ2) is 4.91. The third-order valence-electron chi connectivity index (χ3n) is 1.43. The minimum absolute atomic E-state index is 0.00431. The number of aliphatic carboxylic acids is 1. The summed E-state index contributed by atoms with van der Waals surface area (Å²) in [6, 6.07) is 0. The molecule has 1 N–H and O–H groups in total. The van der Waals surface area contributed by atoms with Crippen LogP contribution in [-0.2, 0) is 4.79 Å². The molecule has 3 heteroatoms. The number of aliphatic hydroxyl groups is 1. The van der Waals surface area contributed by atoms with E-state index >= 15 is 0 Å². The van der Waals surface area contributed by atoms with E-state index in [0.29, 0.717) is 18.4 Å². The van der Waals surface area contributed by atoms with Crippen molar-refractivity contribution in [2.24, 2.45) is 0 Å². The Kier molecular flexibility index (Phi) is 4.54. The molecular weight excluding hydrogens is 144 g/mol. The molecule has 0 saturated carbocycles. The highest BCUT2D eigenvalue weighted by Crippen LogP contribution is 2.06. The van der Waals surface area contributed by atoms with Crippen LogP contribution < -0.4 is 5.11 Å².